The molecule has 0 bridgehead atoms. The van der Waals surface area contributed by atoms with Crippen LogP contribution in [-0.2, 0) is 12.0 Å². The molecule has 30 heavy (non-hydrogen) atoms. The number of benzene rings is 2. The average Bonchev–Trinajstić information content (AvgIpc) is 2.70. The van der Waals surface area contributed by atoms with Gasteiger partial charge in [-0.3, -0.25) is 0 Å². The molecule has 0 spiro atoms. The highest BCUT2D eigenvalue weighted by molar-refractivity contribution is 5.98. The van der Waals surface area contributed by atoms with E-state index in [2.05, 4.69) is 67.0 Å². The van der Waals surface area contributed by atoms with Crippen molar-refractivity contribution in [3.05, 3.63) is 65.7 Å². The molecule has 0 aromatic heterocycles. The van der Waals surface area contributed by atoms with E-state index in [1.165, 1.54) is 11.1 Å². The minimum Gasteiger partial charge on any atom is -0.494 e. The zero-order valence-corrected chi connectivity index (χ0v) is 18.5. The number of nitrogens with zero attached hydrogens (tertiary/aromatic N) is 3. The largest absolute Gasteiger partial charge is 0.494 e. The molecule has 0 amide bonds. The summed E-state index contributed by atoms with van der Waals surface area (Å²) >= 11 is 0. The summed E-state index contributed by atoms with van der Waals surface area (Å²) in [5.41, 5.74) is 12.0. The number of hydrogen-bond donors (Lipinski definition) is 2. The van der Waals surface area contributed by atoms with Crippen molar-refractivity contribution in [3.8, 4) is 5.75 Å². The number of hydrazone groups is 1. The minimum absolute atomic E-state index is 0.163. The predicted molar refractivity (Wildman–Crippen MR) is 125 cm³/mol. The Morgan fingerprint density at radius 3 is 2.53 bits per heavy atom. The molecular formula is C24H31N5O. The molecule has 3 N–H and O–H groups in total. The van der Waals surface area contributed by atoms with Gasteiger partial charge in [-0.05, 0) is 29.5 Å². The zero-order valence-electron chi connectivity index (χ0n) is 18.5. The molecule has 0 saturated heterocycles. The number of nitrogens with one attached hydrogen (secondary N) is 1. The Hall–Kier alpha value is -3.12. The summed E-state index contributed by atoms with van der Waals surface area (Å²) in [5, 5.41) is 9.63. The van der Waals surface area contributed by atoms with Crippen molar-refractivity contribution in [1.29, 1.82) is 0 Å². The van der Waals surface area contributed by atoms with E-state index in [9.17, 15) is 0 Å². The van der Waals surface area contributed by atoms with Gasteiger partial charge in [-0.1, -0.05) is 63.7 Å². The Balaban J connectivity index is 1.64. The average molecular weight is 406 g/mol. The van der Waals surface area contributed by atoms with Crippen molar-refractivity contribution in [1.82, 2.24) is 10.3 Å². The Kier molecular flexibility index (Phi) is 6.27. The van der Waals surface area contributed by atoms with Crippen LogP contribution in [0.3, 0.4) is 0 Å². The highest BCUT2D eigenvalue weighted by atomic mass is 16.5. The highest BCUT2D eigenvalue weighted by Crippen LogP contribution is 2.39. The van der Waals surface area contributed by atoms with E-state index in [4.69, 9.17) is 10.5 Å². The molecule has 1 heterocycles. The van der Waals surface area contributed by atoms with Crippen molar-refractivity contribution < 1.29 is 4.74 Å². The number of para-hydroxylation sites is 1. The lowest BCUT2D eigenvalue weighted by Crippen LogP contribution is -2.35. The molecule has 0 radical (unpaired) electrons. The zero-order chi connectivity index (χ0) is 21.9. The maximum atomic E-state index is 6.16. The molecule has 6 nitrogen and oxygen atoms in total. The smallest absolute Gasteiger partial charge is 0.222 e. The Morgan fingerprint density at radius 1 is 1.20 bits per heavy atom. The van der Waals surface area contributed by atoms with Gasteiger partial charge in [0.2, 0.25) is 5.96 Å². The van der Waals surface area contributed by atoms with Crippen LogP contribution < -0.4 is 15.8 Å². The van der Waals surface area contributed by atoms with Gasteiger partial charge in [0.05, 0.1) is 12.8 Å². The molecule has 2 aromatic rings. The van der Waals surface area contributed by atoms with E-state index in [1.807, 2.05) is 25.1 Å². The van der Waals surface area contributed by atoms with Gasteiger partial charge in [0.25, 0.3) is 0 Å². The molecule has 0 atom stereocenters. The molecule has 1 aliphatic rings. The second-order valence-corrected chi connectivity index (χ2v) is 8.47. The number of ether oxygens (including phenoxy) is 1. The number of fused-ring (bicyclic) bond motifs is 1. The fourth-order valence-electron chi connectivity index (χ4n) is 3.28. The van der Waals surface area contributed by atoms with Gasteiger partial charge in [-0.25, -0.2) is 10.0 Å². The molecule has 2 aromatic carbocycles. The van der Waals surface area contributed by atoms with Crippen LogP contribution in [0.25, 0.3) is 5.70 Å². The number of aliphatic imine (C=N–C) groups is 1. The van der Waals surface area contributed by atoms with Crippen LogP contribution in [-0.4, -0.2) is 30.3 Å². The third-order valence-electron chi connectivity index (χ3n) is 5.03. The molecular weight excluding hydrogens is 374 g/mol. The van der Waals surface area contributed by atoms with Gasteiger partial charge in [-0.15, -0.1) is 0 Å². The summed E-state index contributed by atoms with van der Waals surface area (Å²) < 4.78 is 5.38. The van der Waals surface area contributed by atoms with E-state index in [-0.39, 0.29) is 11.4 Å². The van der Waals surface area contributed by atoms with Crippen LogP contribution in [0.1, 0.15) is 44.4 Å². The molecule has 0 aliphatic carbocycles. The van der Waals surface area contributed by atoms with Crippen LogP contribution in [0.4, 0.5) is 5.69 Å². The molecule has 0 unspecified atom stereocenters. The van der Waals surface area contributed by atoms with E-state index < -0.39 is 0 Å². The normalized spacial score (nSPS) is 14.4. The summed E-state index contributed by atoms with van der Waals surface area (Å²) in [7, 11) is 1.61. The first kappa shape index (κ1) is 21.6. The van der Waals surface area contributed by atoms with Crippen LogP contribution in [0.15, 0.2) is 59.1 Å². The van der Waals surface area contributed by atoms with Crippen molar-refractivity contribution in [2.24, 2.45) is 15.8 Å². The molecule has 158 valence electrons. The Morgan fingerprint density at radius 2 is 1.90 bits per heavy atom. The van der Waals surface area contributed by atoms with Gasteiger partial charge in [0.15, 0.2) is 0 Å². The van der Waals surface area contributed by atoms with Gasteiger partial charge < -0.3 is 15.8 Å². The number of methoxy groups -OCH3 is 1. The number of nitrogens with two attached hydrogens (primary N) is 1. The third kappa shape index (κ3) is 4.71. The summed E-state index contributed by atoms with van der Waals surface area (Å²) in [6.45, 7) is 14.2. The maximum Gasteiger partial charge on any atom is 0.222 e. The van der Waals surface area contributed by atoms with E-state index >= 15 is 0 Å². The summed E-state index contributed by atoms with van der Waals surface area (Å²) in [5.74, 6) is 0.935. The minimum atomic E-state index is 0.163. The van der Waals surface area contributed by atoms with Gasteiger partial charge in [-0.2, -0.15) is 5.10 Å². The fraction of sp³-hybridized carbons (Fsp3) is 0.333. The predicted octanol–water partition coefficient (Wildman–Crippen LogP) is 4.39. The fourth-order valence-corrected chi connectivity index (χ4v) is 3.28. The summed E-state index contributed by atoms with van der Waals surface area (Å²) in [6.07, 6.45) is 0. The summed E-state index contributed by atoms with van der Waals surface area (Å²) in [6, 6.07) is 14.4. The van der Waals surface area contributed by atoms with Crippen LogP contribution in [0, 0.1) is 0 Å². The Bertz CT molecular complexity index is 984. The van der Waals surface area contributed by atoms with E-state index in [0.29, 0.717) is 23.7 Å². The van der Waals surface area contributed by atoms with Crippen molar-refractivity contribution in [3.63, 3.8) is 0 Å². The maximum absolute atomic E-state index is 6.16. The van der Waals surface area contributed by atoms with E-state index in [1.54, 1.807) is 12.1 Å². The monoisotopic (exact) mass is 405 g/mol. The molecule has 0 fully saturated rings. The first-order valence-corrected chi connectivity index (χ1v) is 10.1. The van der Waals surface area contributed by atoms with Crippen molar-refractivity contribution in [2.45, 2.75) is 39.7 Å². The van der Waals surface area contributed by atoms with E-state index in [0.717, 1.165) is 17.8 Å². The Labute approximate surface area is 179 Å². The van der Waals surface area contributed by atoms with Crippen LogP contribution in [0.2, 0.25) is 0 Å². The van der Waals surface area contributed by atoms with Gasteiger partial charge in [0.1, 0.15) is 11.4 Å². The second kappa shape index (κ2) is 8.71. The number of rotatable bonds is 6. The first-order chi connectivity index (χ1) is 14.2. The molecule has 3 rings (SSSR count). The highest BCUT2D eigenvalue weighted by Gasteiger charge is 2.24. The van der Waals surface area contributed by atoms with Crippen molar-refractivity contribution in [2.75, 3.05) is 13.7 Å². The quantitative estimate of drug-likeness (QED) is 0.699. The van der Waals surface area contributed by atoms with Gasteiger partial charge >= 0.3 is 0 Å². The van der Waals surface area contributed by atoms with Crippen molar-refractivity contribution >= 4 is 23.1 Å². The number of guanidine groups is 1. The van der Waals surface area contributed by atoms with Crippen LogP contribution >= 0.6 is 0 Å². The number of hydrogen-bond acceptors (Lipinski definition) is 6. The topological polar surface area (TPSA) is 75.2 Å². The van der Waals surface area contributed by atoms with Crippen LogP contribution in [0.5, 0.6) is 5.75 Å². The lowest BCUT2D eigenvalue weighted by molar-refractivity contribution is 0.415. The molecule has 1 aliphatic heterocycles. The van der Waals surface area contributed by atoms with Gasteiger partial charge in [0, 0.05) is 24.4 Å². The second-order valence-electron chi connectivity index (χ2n) is 8.47. The standard InChI is InChI=1S/C24H31N5O/c1-16(14-26-15-18-10-12-19(13-11-18)24(3,4)5)28-29-17(2)20-8-7-9-21(30-6)22(20)27-23(29)25/h7-13,26H,2,14-15H2,1,3-6H3,(H2,25,27)/b28-16+. The SMILES string of the molecule is C=C1c2cccc(OC)c2N=C(N)N1/N=C(\C)CNCc1ccc(C(C)(C)C)cc1. The first-order valence-electron chi connectivity index (χ1n) is 10.1. The summed E-state index contributed by atoms with van der Waals surface area (Å²) in [4.78, 5) is 4.46. The molecule has 0 saturated carbocycles. The lowest BCUT2D eigenvalue weighted by atomic mass is 9.87. The molecule has 6 heteroatoms. The lowest BCUT2D eigenvalue weighted by Gasteiger charge is -2.27. The third-order valence-corrected chi connectivity index (χ3v) is 5.03.